The highest BCUT2D eigenvalue weighted by Gasteiger charge is 2.11. The van der Waals surface area contributed by atoms with Gasteiger partial charge in [0.05, 0.1) is 5.69 Å². The highest BCUT2D eigenvalue weighted by Crippen LogP contribution is 2.10. The van der Waals surface area contributed by atoms with Gasteiger partial charge >= 0.3 is 0 Å². The van der Waals surface area contributed by atoms with E-state index in [0.29, 0.717) is 0 Å². The van der Waals surface area contributed by atoms with E-state index in [9.17, 15) is 0 Å². The molecule has 15 heavy (non-hydrogen) atoms. The van der Waals surface area contributed by atoms with Crippen molar-refractivity contribution in [3.05, 3.63) is 17.8 Å². The summed E-state index contributed by atoms with van der Waals surface area (Å²) in [5.74, 6) is 1.01. The van der Waals surface area contributed by atoms with Crippen molar-refractivity contribution >= 4 is 5.82 Å². The van der Waals surface area contributed by atoms with Crippen molar-refractivity contribution in [2.45, 2.75) is 19.8 Å². The average Bonchev–Trinajstić information content (AvgIpc) is 2.32. The molecule has 4 heteroatoms. The molecule has 4 nitrogen and oxygen atoms in total. The predicted molar refractivity (Wildman–Crippen MR) is 61.1 cm³/mol. The van der Waals surface area contributed by atoms with Gasteiger partial charge in [0.15, 0.2) is 5.82 Å². The fourth-order valence-corrected chi connectivity index (χ4v) is 1.80. The first-order valence-corrected chi connectivity index (χ1v) is 5.68. The van der Waals surface area contributed by atoms with Crippen molar-refractivity contribution in [1.82, 2.24) is 15.5 Å². The minimum atomic E-state index is 1.01. The van der Waals surface area contributed by atoms with Crippen molar-refractivity contribution in [3.63, 3.8) is 0 Å². The van der Waals surface area contributed by atoms with E-state index >= 15 is 0 Å². The van der Waals surface area contributed by atoms with Crippen LogP contribution in [0.5, 0.6) is 0 Å². The Kier molecular flexibility index (Phi) is 3.50. The second kappa shape index (κ2) is 5.07. The lowest BCUT2D eigenvalue weighted by molar-refractivity contribution is 0.582. The Morgan fingerprint density at radius 2 is 2.07 bits per heavy atom. The van der Waals surface area contributed by atoms with Crippen LogP contribution in [0.25, 0.3) is 0 Å². The summed E-state index contributed by atoms with van der Waals surface area (Å²) in [5.41, 5.74) is 1.09. The maximum absolute atomic E-state index is 4.27. The summed E-state index contributed by atoms with van der Waals surface area (Å²) in [6.45, 7) is 6.30. The van der Waals surface area contributed by atoms with Crippen LogP contribution in [0.3, 0.4) is 0 Å². The molecule has 2 rings (SSSR count). The Labute approximate surface area is 90.7 Å². The Morgan fingerprint density at radius 3 is 2.67 bits per heavy atom. The number of nitrogens with one attached hydrogen (secondary N) is 1. The van der Waals surface area contributed by atoms with Gasteiger partial charge in [-0.1, -0.05) is 13.3 Å². The number of rotatable bonds is 3. The van der Waals surface area contributed by atoms with E-state index in [1.165, 1.54) is 0 Å². The molecule has 1 aliphatic heterocycles. The summed E-state index contributed by atoms with van der Waals surface area (Å²) in [6.07, 6.45) is 2.15. The fourth-order valence-electron chi connectivity index (χ4n) is 1.80. The lowest BCUT2D eigenvalue weighted by Crippen LogP contribution is -2.43. The number of aryl methyl sites for hydroxylation is 1. The maximum atomic E-state index is 4.27. The van der Waals surface area contributed by atoms with Gasteiger partial charge in [0.25, 0.3) is 0 Å². The predicted octanol–water partition coefficient (Wildman–Crippen LogP) is 0.839. The van der Waals surface area contributed by atoms with Crippen LogP contribution in [-0.4, -0.2) is 36.4 Å². The molecule has 1 saturated heterocycles. The van der Waals surface area contributed by atoms with E-state index in [4.69, 9.17) is 0 Å². The van der Waals surface area contributed by atoms with Crippen LogP contribution in [0, 0.1) is 0 Å². The molecule has 1 aliphatic rings. The van der Waals surface area contributed by atoms with E-state index in [-0.39, 0.29) is 0 Å². The quantitative estimate of drug-likeness (QED) is 0.795. The van der Waals surface area contributed by atoms with Gasteiger partial charge in [0, 0.05) is 26.2 Å². The molecule has 1 aromatic rings. The average molecular weight is 206 g/mol. The van der Waals surface area contributed by atoms with Gasteiger partial charge in [-0.25, -0.2) is 0 Å². The molecule has 0 amide bonds. The van der Waals surface area contributed by atoms with E-state index in [1.54, 1.807) is 0 Å². The zero-order valence-corrected chi connectivity index (χ0v) is 9.24. The molecular formula is C11H18N4. The second-order valence-electron chi connectivity index (χ2n) is 3.87. The number of anilines is 1. The van der Waals surface area contributed by atoms with Crippen molar-refractivity contribution in [2.75, 3.05) is 31.1 Å². The SMILES string of the molecule is CCCc1ccc(N2CCNCC2)nn1. The zero-order chi connectivity index (χ0) is 10.5. The molecule has 0 aliphatic carbocycles. The Hall–Kier alpha value is -1.16. The molecule has 1 aromatic heterocycles. The van der Waals surface area contributed by atoms with Crippen molar-refractivity contribution < 1.29 is 0 Å². The first-order valence-electron chi connectivity index (χ1n) is 5.68. The molecule has 0 bridgehead atoms. The van der Waals surface area contributed by atoms with Crippen molar-refractivity contribution in [1.29, 1.82) is 0 Å². The van der Waals surface area contributed by atoms with Crippen LogP contribution in [0.4, 0.5) is 5.82 Å². The minimum absolute atomic E-state index is 1.01. The molecule has 0 spiro atoms. The van der Waals surface area contributed by atoms with E-state index in [1.807, 2.05) is 0 Å². The molecule has 0 radical (unpaired) electrons. The third-order valence-corrected chi connectivity index (χ3v) is 2.65. The van der Waals surface area contributed by atoms with Gasteiger partial charge in [0.2, 0.25) is 0 Å². The molecule has 2 heterocycles. The largest absolute Gasteiger partial charge is 0.353 e. The summed E-state index contributed by atoms with van der Waals surface area (Å²) in [5, 5.41) is 11.8. The van der Waals surface area contributed by atoms with Crippen molar-refractivity contribution in [2.24, 2.45) is 0 Å². The number of nitrogens with zero attached hydrogens (tertiary/aromatic N) is 3. The molecule has 1 fully saturated rings. The minimum Gasteiger partial charge on any atom is -0.353 e. The Balaban J connectivity index is 2.02. The zero-order valence-electron chi connectivity index (χ0n) is 9.24. The van der Waals surface area contributed by atoms with Crippen LogP contribution < -0.4 is 10.2 Å². The van der Waals surface area contributed by atoms with Gasteiger partial charge in [-0.05, 0) is 18.6 Å². The molecule has 0 saturated carbocycles. The molecular weight excluding hydrogens is 188 g/mol. The van der Waals surface area contributed by atoms with Crippen LogP contribution in [0.1, 0.15) is 19.0 Å². The van der Waals surface area contributed by atoms with E-state index in [2.05, 4.69) is 39.5 Å². The second-order valence-corrected chi connectivity index (χ2v) is 3.87. The molecule has 82 valence electrons. The van der Waals surface area contributed by atoms with Crippen LogP contribution in [0.2, 0.25) is 0 Å². The van der Waals surface area contributed by atoms with Gasteiger partial charge in [-0.2, -0.15) is 5.10 Å². The monoisotopic (exact) mass is 206 g/mol. The number of hydrogen-bond donors (Lipinski definition) is 1. The van der Waals surface area contributed by atoms with Gasteiger partial charge in [0.1, 0.15) is 0 Å². The highest BCUT2D eigenvalue weighted by atomic mass is 15.3. The molecule has 1 N–H and O–H groups in total. The normalized spacial score (nSPS) is 16.7. The fraction of sp³-hybridized carbons (Fsp3) is 0.636. The first-order chi connectivity index (χ1) is 7.40. The summed E-state index contributed by atoms with van der Waals surface area (Å²) in [7, 11) is 0. The maximum Gasteiger partial charge on any atom is 0.151 e. The Morgan fingerprint density at radius 1 is 1.27 bits per heavy atom. The topological polar surface area (TPSA) is 41.0 Å². The summed E-state index contributed by atoms with van der Waals surface area (Å²) in [4.78, 5) is 2.28. The van der Waals surface area contributed by atoms with E-state index < -0.39 is 0 Å². The first kappa shape index (κ1) is 10.4. The van der Waals surface area contributed by atoms with E-state index in [0.717, 1.165) is 50.5 Å². The van der Waals surface area contributed by atoms with Gasteiger partial charge < -0.3 is 10.2 Å². The smallest absolute Gasteiger partial charge is 0.151 e. The number of aromatic nitrogens is 2. The molecule has 0 atom stereocenters. The van der Waals surface area contributed by atoms with Crippen molar-refractivity contribution in [3.8, 4) is 0 Å². The van der Waals surface area contributed by atoms with Crippen LogP contribution in [0.15, 0.2) is 12.1 Å². The third kappa shape index (κ3) is 2.65. The lowest BCUT2D eigenvalue weighted by atomic mass is 10.2. The summed E-state index contributed by atoms with van der Waals surface area (Å²) >= 11 is 0. The molecule has 0 unspecified atom stereocenters. The lowest BCUT2D eigenvalue weighted by Gasteiger charge is -2.27. The Bertz CT molecular complexity index is 290. The number of piperazine rings is 1. The summed E-state index contributed by atoms with van der Waals surface area (Å²) < 4.78 is 0. The third-order valence-electron chi connectivity index (χ3n) is 2.65. The van der Waals surface area contributed by atoms with Crippen LogP contribution >= 0.6 is 0 Å². The van der Waals surface area contributed by atoms with Gasteiger partial charge in [-0.15, -0.1) is 5.10 Å². The molecule has 0 aromatic carbocycles. The van der Waals surface area contributed by atoms with Crippen LogP contribution in [-0.2, 0) is 6.42 Å². The van der Waals surface area contributed by atoms with Gasteiger partial charge in [-0.3, -0.25) is 0 Å². The highest BCUT2D eigenvalue weighted by molar-refractivity contribution is 5.37. The standard InChI is InChI=1S/C11H18N4/c1-2-3-10-4-5-11(14-13-10)15-8-6-12-7-9-15/h4-5,12H,2-3,6-9H2,1H3. The summed E-state index contributed by atoms with van der Waals surface area (Å²) in [6, 6.07) is 4.18. The number of hydrogen-bond acceptors (Lipinski definition) is 4.